The fourth-order valence-electron chi connectivity index (χ4n) is 10.2. The van der Waals surface area contributed by atoms with Crippen LogP contribution in [-0.4, -0.2) is 60.2 Å². The summed E-state index contributed by atoms with van der Waals surface area (Å²) in [6.45, 7) is 10.9. The molecule has 1 rings (SSSR count). The van der Waals surface area contributed by atoms with Crippen molar-refractivity contribution < 1.29 is 33.3 Å². The van der Waals surface area contributed by atoms with Gasteiger partial charge in [-0.05, 0) is 52.4 Å². The molecule has 9 nitrogen and oxygen atoms in total. The summed E-state index contributed by atoms with van der Waals surface area (Å²) in [6, 6.07) is 0. The molecule has 0 aliphatic carbocycles. The van der Waals surface area contributed by atoms with Crippen molar-refractivity contribution in [3.8, 4) is 0 Å². The summed E-state index contributed by atoms with van der Waals surface area (Å²) in [5.74, 6) is -0.882. The Morgan fingerprint density at radius 2 is 0.700 bits per heavy atom. The molecule has 0 aromatic rings. The topological polar surface area (TPSA) is 114 Å². The first-order valence-corrected chi connectivity index (χ1v) is 30.7. The number of hydrogen-bond donors (Lipinski definition) is 0. The number of carbonyl (C=O) groups is 3. The number of rotatable bonds is 53. The largest absolute Gasteiger partial charge is 0.783 e. The third kappa shape index (κ3) is 38.0. The van der Waals surface area contributed by atoms with Crippen molar-refractivity contribution in [2.45, 2.75) is 354 Å². The molecule has 2 atom stereocenters. The Kier molecular flexibility index (Phi) is 44.6. The lowest BCUT2D eigenvalue weighted by Gasteiger charge is -2.47. The summed E-state index contributed by atoms with van der Waals surface area (Å²) in [6.07, 6.45) is 53.7. The molecule has 9 heteroatoms. The SMILES string of the molecule is CCCCCCCCCCCCCCCCCC(=O)OCC(COC(=O)CCCCCCCCCCCCCCC1(CC)OCC(C)(C)N1[O-])OC(=O)CCCCCCCCCCCCCCCCC. The summed E-state index contributed by atoms with van der Waals surface area (Å²) in [5, 5.41) is 14.0. The molecule has 1 saturated heterocycles. The van der Waals surface area contributed by atoms with E-state index in [4.69, 9.17) is 18.9 Å². The van der Waals surface area contributed by atoms with Gasteiger partial charge in [0.25, 0.3) is 0 Å². The van der Waals surface area contributed by atoms with Crippen LogP contribution in [0, 0.1) is 5.21 Å². The first-order valence-electron chi connectivity index (χ1n) is 30.7. The molecule has 0 radical (unpaired) electrons. The molecule has 1 heterocycles. The van der Waals surface area contributed by atoms with Crippen molar-refractivity contribution in [3.05, 3.63) is 5.21 Å². The minimum atomic E-state index is -0.783. The second-order valence-electron chi connectivity index (χ2n) is 22.3. The number of hydrogen-bond acceptors (Lipinski definition) is 9. The molecule has 0 bridgehead atoms. The zero-order chi connectivity index (χ0) is 51.1. The number of hydroxylamine groups is 2. The molecule has 1 aliphatic heterocycles. The highest BCUT2D eigenvalue weighted by Crippen LogP contribution is 2.40. The minimum absolute atomic E-state index is 0.0789. The minimum Gasteiger partial charge on any atom is -0.783 e. The normalized spacial score (nSPS) is 16.2. The third-order valence-electron chi connectivity index (χ3n) is 15.0. The van der Waals surface area contributed by atoms with Crippen LogP contribution in [0.5, 0.6) is 0 Å². The molecule has 70 heavy (non-hydrogen) atoms. The zero-order valence-corrected chi connectivity index (χ0v) is 47.1. The van der Waals surface area contributed by atoms with Crippen LogP contribution in [0.4, 0.5) is 0 Å². The molecule has 0 spiro atoms. The Morgan fingerprint density at radius 3 is 0.971 bits per heavy atom. The Hall–Kier alpha value is -1.71. The fraction of sp³-hybridized carbons (Fsp3) is 0.951. The smallest absolute Gasteiger partial charge is 0.306 e. The van der Waals surface area contributed by atoms with Crippen molar-refractivity contribution in [2.75, 3.05) is 19.8 Å². The highest BCUT2D eigenvalue weighted by atomic mass is 16.6. The summed E-state index contributed by atoms with van der Waals surface area (Å²) in [5.41, 5.74) is -1.06. The number of nitrogens with zero attached hydrogens (tertiary/aromatic N) is 1. The predicted octanol–water partition coefficient (Wildman–Crippen LogP) is 18.7. The first kappa shape index (κ1) is 66.3. The van der Waals surface area contributed by atoms with Crippen LogP contribution in [0.2, 0.25) is 0 Å². The van der Waals surface area contributed by atoms with Crippen molar-refractivity contribution in [1.29, 1.82) is 0 Å². The van der Waals surface area contributed by atoms with Gasteiger partial charge in [0.2, 0.25) is 0 Å². The zero-order valence-electron chi connectivity index (χ0n) is 47.1. The van der Waals surface area contributed by atoms with Gasteiger partial charge in [0, 0.05) is 24.8 Å². The quantitative estimate of drug-likeness (QED) is 0.0334. The summed E-state index contributed by atoms with van der Waals surface area (Å²) < 4.78 is 22.9. The van der Waals surface area contributed by atoms with Gasteiger partial charge in [-0.2, -0.15) is 0 Å². The maximum absolute atomic E-state index is 12.9. The highest BCUT2D eigenvalue weighted by Gasteiger charge is 2.44. The lowest BCUT2D eigenvalue weighted by Crippen LogP contribution is -2.48. The third-order valence-corrected chi connectivity index (χ3v) is 15.0. The molecule has 0 N–H and O–H groups in total. The van der Waals surface area contributed by atoms with Crippen molar-refractivity contribution >= 4 is 17.9 Å². The summed E-state index contributed by atoms with van der Waals surface area (Å²) in [4.78, 5) is 38.3. The molecule has 0 aromatic heterocycles. The average Bonchev–Trinajstić information content (AvgIpc) is 3.58. The van der Waals surface area contributed by atoms with Crippen molar-refractivity contribution in [2.24, 2.45) is 0 Å². The number of ether oxygens (including phenoxy) is 4. The maximum atomic E-state index is 12.9. The van der Waals surface area contributed by atoms with Gasteiger partial charge in [-0.3, -0.25) is 14.4 Å². The van der Waals surface area contributed by atoms with E-state index >= 15 is 0 Å². The highest BCUT2D eigenvalue weighted by molar-refractivity contribution is 5.71. The number of unbranched alkanes of at least 4 members (excludes halogenated alkanes) is 39. The van der Waals surface area contributed by atoms with E-state index in [1.165, 1.54) is 204 Å². The van der Waals surface area contributed by atoms with Crippen LogP contribution in [0.25, 0.3) is 0 Å². The van der Waals surface area contributed by atoms with Gasteiger partial charge in [-0.25, -0.2) is 0 Å². The van der Waals surface area contributed by atoms with E-state index in [0.29, 0.717) is 25.9 Å². The van der Waals surface area contributed by atoms with Gasteiger partial charge < -0.3 is 29.2 Å². The van der Waals surface area contributed by atoms with Gasteiger partial charge >= 0.3 is 17.9 Å². The number of carbonyl (C=O) groups excluding carboxylic acids is 3. The monoisotopic (exact) mass is 991 g/mol. The van der Waals surface area contributed by atoms with Crippen molar-refractivity contribution in [3.63, 3.8) is 0 Å². The van der Waals surface area contributed by atoms with E-state index in [9.17, 15) is 19.6 Å². The lowest BCUT2D eigenvalue weighted by molar-refractivity contribution is -0.167. The van der Waals surface area contributed by atoms with Crippen molar-refractivity contribution in [1.82, 2.24) is 5.06 Å². The Labute approximate surface area is 433 Å². The van der Waals surface area contributed by atoms with Gasteiger partial charge in [-0.15, -0.1) is 0 Å². The Balaban J connectivity index is 2.25. The van der Waals surface area contributed by atoms with Crippen LogP contribution in [-0.2, 0) is 33.3 Å². The maximum Gasteiger partial charge on any atom is 0.306 e. The molecule has 1 fully saturated rings. The molecule has 0 amide bonds. The Bertz CT molecular complexity index is 1200. The van der Waals surface area contributed by atoms with Gasteiger partial charge in [-0.1, -0.05) is 265 Å². The molecular weight excluding hydrogens is 875 g/mol. The van der Waals surface area contributed by atoms with E-state index in [2.05, 4.69) is 20.8 Å². The lowest BCUT2D eigenvalue weighted by atomic mass is 9.98. The standard InChI is InChI=1S/C61H116NO8/c1-6-9-11-13-15-17-19-21-23-25-29-33-37-41-45-49-57(63)67-53-56(70-59(65)51-47-43-39-35-31-26-24-22-20-18-16-14-12-10-7-2)54-68-58(64)50-46-42-38-34-30-27-28-32-36-40-44-48-52-61(8-3)62(66)60(4,5)55-69-61/h56H,6-55H2,1-5H3/q-1. The first-order chi connectivity index (χ1) is 34.1. The second-order valence-corrected chi connectivity index (χ2v) is 22.3. The second kappa shape index (κ2) is 47.0. The van der Waals surface area contributed by atoms with E-state index in [0.717, 1.165) is 83.5 Å². The fourth-order valence-corrected chi connectivity index (χ4v) is 10.2. The van der Waals surface area contributed by atoms with E-state index in [-0.39, 0.29) is 31.1 Å². The van der Waals surface area contributed by atoms with Crippen LogP contribution < -0.4 is 0 Å². The van der Waals surface area contributed by atoms with E-state index < -0.39 is 17.4 Å². The van der Waals surface area contributed by atoms with Gasteiger partial charge in [0.15, 0.2) is 6.10 Å². The summed E-state index contributed by atoms with van der Waals surface area (Å²) >= 11 is 0. The van der Waals surface area contributed by atoms with Gasteiger partial charge in [0.05, 0.1) is 6.61 Å². The van der Waals surface area contributed by atoms with Crippen LogP contribution in [0.1, 0.15) is 336 Å². The summed E-state index contributed by atoms with van der Waals surface area (Å²) in [7, 11) is 0. The van der Waals surface area contributed by atoms with Crippen LogP contribution in [0.15, 0.2) is 0 Å². The van der Waals surface area contributed by atoms with Gasteiger partial charge in [0.1, 0.15) is 18.9 Å². The Morgan fingerprint density at radius 1 is 0.429 bits per heavy atom. The number of esters is 3. The molecule has 2 unspecified atom stereocenters. The molecular formula is C61H116NO8-. The van der Waals surface area contributed by atoms with E-state index in [1.54, 1.807) is 0 Å². The van der Waals surface area contributed by atoms with Crippen LogP contribution >= 0.6 is 0 Å². The average molecular weight is 992 g/mol. The van der Waals surface area contributed by atoms with E-state index in [1.807, 2.05) is 13.8 Å². The predicted molar refractivity (Wildman–Crippen MR) is 294 cm³/mol. The molecule has 0 saturated carbocycles. The molecule has 414 valence electrons. The molecule has 1 aliphatic rings. The molecule has 0 aromatic carbocycles. The van der Waals surface area contributed by atoms with Crippen LogP contribution in [0.3, 0.4) is 0 Å².